The Kier molecular flexibility index (Phi) is 4.76. The van der Waals surface area contributed by atoms with Gasteiger partial charge in [0.25, 0.3) is 5.69 Å². The van der Waals surface area contributed by atoms with Gasteiger partial charge < -0.3 is 14.8 Å². The summed E-state index contributed by atoms with van der Waals surface area (Å²) in [6.45, 7) is 0. The van der Waals surface area contributed by atoms with Crippen molar-refractivity contribution >= 4 is 48.7 Å². The Morgan fingerprint density at radius 1 is 0.871 bits per heavy atom. The highest BCUT2D eigenvalue weighted by Crippen LogP contribution is 2.42. The minimum absolute atomic E-state index is 0.0379. The maximum absolute atomic E-state index is 11.6. The van der Waals surface area contributed by atoms with Crippen LogP contribution < -0.4 is 0 Å². The third kappa shape index (κ3) is 3.63. The largest absolute Gasteiger partial charge is 0.744 e. The first-order valence-electron chi connectivity index (χ1n) is 8.69. The molecule has 0 fully saturated rings. The number of aromatic hydroxyl groups is 2. The molecular weight excluding hydrogens is 426 g/mol. The Morgan fingerprint density at radius 3 is 2.32 bits per heavy atom. The van der Waals surface area contributed by atoms with Gasteiger partial charge in [-0.05, 0) is 17.5 Å². The fraction of sp³-hybridized carbons (Fsp3) is 0. The highest BCUT2D eigenvalue weighted by Gasteiger charge is 2.19. The molecule has 4 aromatic rings. The van der Waals surface area contributed by atoms with E-state index in [0.717, 1.165) is 23.6 Å². The molecule has 0 bridgehead atoms. The fourth-order valence-electron chi connectivity index (χ4n) is 3.20. The maximum Gasteiger partial charge on any atom is 0.270 e. The third-order valence-electron chi connectivity index (χ3n) is 4.65. The smallest absolute Gasteiger partial charge is 0.270 e. The van der Waals surface area contributed by atoms with Crippen molar-refractivity contribution in [3.05, 3.63) is 70.8 Å². The Hall–Kier alpha value is -4.09. The Bertz CT molecular complexity index is 1510. The standard InChI is InChI=1S/C20H13N3O7S/c24-17-10-18(31(28,29)30)15-9-12(23(26)27)6-7-14(15)19(17)22-21-16-8-5-11-3-1-2-4-13(11)20(16)25/h1-10,24-25H,(H,28,29,30)/p-1. The van der Waals surface area contributed by atoms with Crippen LogP contribution in [0.15, 0.2) is 75.8 Å². The van der Waals surface area contributed by atoms with Gasteiger partial charge in [0.2, 0.25) is 0 Å². The number of phenols is 2. The number of benzene rings is 4. The third-order valence-corrected chi connectivity index (χ3v) is 5.53. The van der Waals surface area contributed by atoms with E-state index in [9.17, 15) is 33.3 Å². The van der Waals surface area contributed by atoms with Gasteiger partial charge in [0, 0.05) is 34.4 Å². The predicted octanol–water partition coefficient (Wildman–Crippen LogP) is 4.63. The second-order valence-corrected chi connectivity index (χ2v) is 7.89. The number of nitro benzene ring substituents is 1. The van der Waals surface area contributed by atoms with Crippen molar-refractivity contribution < 1.29 is 28.1 Å². The van der Waals surface area contributed by atoms with Crippen molar-refractivity contribution in [1.82, 2.24) is 0 Å². The molecule has 156 valence electrons. The molecule has 0 heterocycles. The van der Waals surface area contributed by atoms with Crippen molar-refractivity contribution in [1.29, 1.82) is 0 Å². The topological polar surface area (TPSA) is 166 Å². The zero-order valence-electron chi connectivity index (χ0n) is 15.5. The van der Waals surface area contributed by atoms with E-state index in [-0.39, 0.29) is 27.9 Å². The van der Waals surface area contributed by atoms with Crippen LogP contribution in [0.5, 0.6) is 11.5 Å². The predicted molar refractivity (Wildman–Crippen MR) is 110 cm³/mol. The van der Waals surface area contributed by atoms with Gasteiger partial charge >= 0.3 is 0 Å². The van der Waals surface area contributed by atoms with Gasteiger partial charge in [-0.3, -0.25) is 10.1 Å². The molecule has 0 aliphatic rings. The molecule has 4 aromatic carbocycles. The lowest BCUT2D eigenvalue weighted by Gasteiger charge is -2.13. The molecule has 0 saturated heterocycles. The van der Waals surface area contributed by atoms with Crippen molar-refractivity contribution in [3.8, 4) is 11.5 Å². The summed E-state index contributed by atoms with van der Waals surface area (Å²) < 4.78 is 34.8. The molecule has 0 aromatic heterocycles. The lowest BCUT2D eigenvalue weighted by atomic mass is 10.1. The van der Waals surface area contributed by atoms with E-state index in [0.29, 0.717) is 11.5 Å². The first-order chi connectivity index (χ1) is 14.7. The second-order valence-electron chi connectivity index (χ2n) is 6.54. The van der Waals surface area contributed by atoms with Gasteiger partial charge in [-0.1, -0.05) is 30.3 Å². The first kappa shape index (κ1) is 20.2. The van der Waals surface area contributed by atoms with Crippen LogP contribution >= 0.6 is 0 Å². The molecule has 0 aliphatic carbocycles. The van der Waals surface area contributed by atoms with Crippen LogP contribution in [0.25, 0.3) is 21.5 Å². The number of fused-ring (bicyclic) bond motifs is 2. The van der Waals surface area contributed by atoms with Crippen LogP contribution in [-0.4, -0.2) is 28.1 Å². The monoisotopic (exact) mass is 438 g/mol. The number of azo groups is 1. The van der Waals surface area contributed by atoms with Crippen LogP contribution in [-0.2, 0) is 10.1 Å². The SMILES string of the molecule is O=[N+]([O-])c1ccc2c(N=Nc3ccc4ccccc4c3O)c(O)cc(S(=O)(=O)[O-])c2c1. The van der Waals surface area contributed by atoms with Crippen molar-refractivity contribution in [2.45, 2.75) is 4.90 Å². The van der Waals surface area contributed by atoms with E-state index in [1.807, 2.05) is 0 Å². The Morgan fingerprint density at radius 2 is 1.61 bits per heavy atom. The molecule has 4 rings (SSSR count). The molecule has 0 spiro atoms. The van der Waals surface area contributed by atoms with Gasteiger partial charge in [-0.15, -0.1) is 10.2 Å². The van der Waals surface area contributed by atoms with Gasteiger partial charge in [0.15, 0.2) is 5.75 Å². The van der Waals surface area contributed by atoms with Crippen molar-refractivity contribution in [2.75, 3.05) is 0 Å². The number of hydrogen-bond acceptors (Lipinski definition) is 9. The molecule has 2 N–H and O–H groups in total. The number of rotatable bonds is 4. The summed E-state index contributed by atoms with van der Waals surface area (Å²) in [5.41, 5.74) is -0.586. The summed E-state index contributed by atoms with van der Waals surface area (Å²) in [7, 11) is -5.05. The molecule has 0 atom stereocenters. The Balaban J connectivity index is 1.93. The maximum atomic E-state index is 11.6. The lowest BCUT2D eigenvalue weighted by molar-refractivity contribution is -0.384. The van der Waals surface area contributed by atoms with Crippen molar-refractivity contribution in [2.24, 2.45) is 10.2 Å². The number of hydrogen-bond donors (Lipinski definition) is 2. The minimum atomic E-state index is -5.05. The molecule has 0 amide bonds. The fourth-order valence-corrected chi connectivity index (χ4v) is 3.90. The quantitative estimate of drug-likeness (QED) is 0.203. The van der Waals surface area contributed by atoms with Crippen LogP contribution in [0.2, 0.25) is 0 Å². The summed E-state index contributed by atoms with van der Waals surface area (Å²) >= 11 is 0. The van der Waals surface area contributed by atoms with E-state index in [2.05, 4.69) is 10.2 Å². The molecule has 10 nitrogen and oxygen atoms in total. The van der Waals surface area contributed by atoms with Crippen molar-refractivity contribution in [3.63, 3.8) is 0 Å². The molecule has 0 aliphatic heterocycles. The molecule has 0 unspecified atom stereocenters. The lowest BCUT2D eigenvalue weighted by Crippen LogP contribution is -2.00. The summed E-state index contributed by atoms with van der Waals surface area (Å²) in [6.07, 6.45) is 0. The highest BCUT2D eigenvalue weighted by atomic mass is 32.2. The summed E-state index contributed by atoms with van der Waals surface area (Å²) in [4.78, 5) is 9.50. The highest BCUT2D eigenvalue weighted by molar-refractivity contribution is 7.86. The second kappa shape index (κ2) is 7.31. The van der Waals surface area contributed by atoms with Crippen LogP contribution in [0.3, 0.4) is 0 Å². The number of non-ortho nitro benzene ring substituents is 1. The van der Waals surface area contributed by atoms with Crippen LogP contribution in [0.1, 0.15) is 0 Å². The van der Waals surface area contributed by atoms with Gasteiger partial charge in [-0.2, -0.15) is 0 Å². The van der Waals surface area contributed by atoms with E-state index >= 15 is 0 Å². The average Bonchev–Trinajstić information content (AvgIpc) is 2.73. The first-order valence-corrected chi connectivity index (χ1v) is 10.1. The van der Waals surface area contributed by atoms with E-state index in [4.69, 9.17) is 0 Å². The molecule has 0 radical (unpaired) electrons. The van der Waals surface area contributed by atoms with Crippen LogP contribution in [0.4, 0.5) is 17.1 Å². The van der Waals surface area contributed by atoms with Gasteiger partial charge in [0.05, 0.1) is 9.82 Å². The molecule has 31 heavy (non-hydrogen) atoms. The minimum Gasteiger partial charge on any atom is -0.744 e. The average molecular weight is 438 g/mol. The zero-order valence-corrected chi connectivity index (χ0v) is 16.3. The number of nitro groups is 1. The van der Waals surface area contributed by atoms with E-state index < -0.39 is 31.4 Å². The summed E-state index contributed by atoms with van der Waals surface area (Å²) in [5, 5.41) is 40.6. The van der Waals surface area contributed by atoms with Gasteiger partial charge in [-0.25, -0.2) is 8.42 Å². The Labute approximate surface area is 174 Å². The van der Waals surface area contributed by atoms with Crippen LogP contribution in [0, 0.1) is 10.1 Å². The number of nitrogens with zero attached hydrogens (tertiary/aromatic N) is 3. The summed E-state index contributed by atoms with van der Waals surface area (Å²) in [5.74, 6) is -0.820. The molecule has 0 saturated carbocycles. The molecule has 11 heteroatoms. The molecular formula is C20H12N3O7S-. The van der Waals surface area contributed by atoms with E-state index in [1.165, 1.54) is 6.07 Å². The normalized spacial score (nSPS) is 12.0. The number of phenolic OH excluding ortho intramolecular Hbond substituents is 2. The van der Waals surface area contributed by atoms with Gasteiger partial charge in [0.1, 0.15) is 27.2 Å². The summed E-state index contributed by atoms with van der Waals surface area (Å²) in [6, 6.07) is 14.0. The zero-order chi connectivity index (χ0) is 22.3. The van der Waals surface area contributed by atoms with E-state index in [1.54, 1.807) is 30.3 Å².